The van der Waals surface area contributed by atoms with E-state index in [1.54, 1.807) is 39.2 Å². The van der Waals surface area contributed by atoms with Gasteiger partial charge in [-0.15, -0.1) is 0 Å². The van der Waals surface area contributed by atoms with Gasteiger partial charge in [0, 0.05) is 30.4 Å². The summed E-state index contributed by atoms with van der Waals surface area (Å²) in [7, 11) is 3.40. The van der Waals surface area contributed by atoms with Crippen LogP contribution in [-0.4, -0.2) is 35.9 Å². The molecule has 0 bridgehead atoms. The van der Waals surface area contributed by atoms with Gasteiger partial charge in [0.15, 0.2) is 0 Å². The summed E-state index contributed by atoms with van der Waals surface area (Å²) in [6, 6.07) is 4.77. The third-order valence-electron chi connectivity index (χ3n) is 2.43. The lowest BCUT2D eigenvalue weighted by atomic mass is 10.1. The number of anilines is 1. The highest BCUT2D eigenvalue weighted by Gasteiger charge is 2.16. The van der Waals surface area contributed by atoms with Gasteiger partial charge in [0.05, 0.1) is 0 Å². The maximum absolute atomic E-state index is 11.8. The zero-order valence-corrected chi connectivity index (χ0v) is 12.1. The van der Waals surface area contributed by atoms with Crippen molar-refractivity contribution in [2.24, 2.45) is 5.73 Å². The second-order valence-electron chi connectivity index (χ2n) is 4.15. The van der Waals surface area contributed by atoms with Crippen LogP contribution in [0, 0.1) is 0 Å². The summed E-state index contributed by atoms with van der Waals surface area (Å²) < 4.78 is 0. The van der Waals surface area contributed by atoms with Gasteiger partial charge in [0.1, 0.15) is 11.0 Å². The lowest BCUT2D eigenvalue weighted by molar-refractivity contribution is -0.129. The minimum Gasteiger partial charge on any atom is -0.389 e. The number of nitrogens with zero attached hydrogens (tertiary/aromatic N) is 1. The van der Waals surface area contributed by atoms with E-state index in [-0.39, 0.29) is 16.9 Å². The number of hydrogen-bond donors (Lipinski definition) is 2. The predicted molar refractivity (Wildman–Crippen MR) is 79.1 cm³/mol. The Hall–Kier alpha value is -1.33. The number of rotatable bonds is 4. The Balaban J connectivity index is 2.99. The number of amides is 1. The van der Waals surface area contributed by atoms with Crippen molar-refractivity contribution in [2.75, 3.05) is 19.4 Å². The van der Waals surface area contributed by atoms with Gasteiger partial charge in [-0.1, -0.05) is 23.8 Å². The molecule has 1 atom stereocenters. The molecule has 6 heteroatoms. The molecule has 18 heavy (non-hydrogen) atoms. The molecule has 0 fully saturated rings. The van der Waals surface area contributed by atoms with Gasteiger partial charge in [-0.05, 0) is 25.1 Å². The predicted octanol–water partition coefficient (Wildman–Crippen LogP) is 1.86. The Labute approximate surface area is 117 Å². The average Bonchev–Trinajstić information content (AvgIpc) is 2.27. The minimum atomic E-state index is -0.383. The van der Waals surface area contributed by atoms with E-state index in [4.69, 9.17) is 29.6 Å². The highest BCUT2D eigenvalue weighted by Crippen LogP contribution is 2.22. The molecular weight excluding hydrogens is 270 g/mol. The molecule has 1 rings (SSSR count). The highest BCUT2D eigenvalue weighted by molar-refractivity contribution is 7.80. The Bertz CT molecular complexity index is 476. The molecule has 1 unspecified atom stereocenters. The zero-order chi connectivity index (χ0) is 13.9. The van der Waals surface area contributed by atoms with Crippen LogP contribution in [0.1, 0.15) is 12.5 Å². The zero-order valence-electron chi connectivity index (χ0n) is 10.5. The van der Waals surface area contributed by atoms with E-state index in [1.165, 1.54) is 4.90 Å². The van der Waals surface area contributed by atoms with Crippen LogP contribution < -0.4 is 11.1 Å². The molecule has 1 amide bonds. The van der Waals surface area contributed by atoms with Gasteiger partial charge in [-0.2, -0.15) is 0 Å². The first-order valence-corrected chi connectivity index (χ1v) is 6.18. The number of likely N-dealkylation sites (N-methyl/N-ethyl adjacent to an activating group) is 1. The van der Waals surface area contributed by atoms with Crippen molar-refractivity contribution in [1.29, 1.82) is 0 Å². The number of hydrogen-bond acceptors (Lipinski definition) is 3. The normalized spacial score (nSPS) is 11.8. The Morgan fingerprint density at radius 2 is 2.11 bits per heavy atom. The van der Waals surface area contributed by atoms with Crippen LogP contribution in [0.25, 0.3) is 0 Å². The van der Waals surface area contributed by atoms with E-state index in [2.05, 4.69) is 5.32 Å². The molecule has 0 saturated carbocycles. The van der Waals surface area contributed by atoms with Gasteiger partial charge in [-0.3, -0.25) is 4.79 Å². The molecule has 0 radical (unpaired) electrons. The van der Waals surface area contributed by atoms with E-state index in [0.29, 0.717) is 16.3 Å². The largest absolute Gasteiger partial charge is 0.389 e. The van der Waals surface area contributed by atoms with Gasteiger partial charge in [0.2, 0.25) is 5.91 Å². The topological polar surface area (TPSA) is 58.4 Å². The van der Waals surface area contributed by atoms with Crippen molar-refractivity contribution in [3.63, 3.8) is 0 Å². The Morgan fingerprint density at radius 1 is 1.50 bits per heavy atom. The maximum Gasteiger partial charge on any atom is 0.244 e. The van der Waals surface area contributed by atoms with Crippen molar-refractivity contribution in [3.8, 4) is 0 Å². The summed E-state index contributed by atoms with van der Waals surface area (Å²) in [5.41, 5.74) is 6.97. The van der Waals surface area contributed by atoms with Crippen molar-refractivity contribution in [1.82, 2.24) is 4.90 Å². The maximum atomic E-state index is 11.8. The minimum absolute atomic E-state index is 0.0381. The van der Waals surface area contributed by atoms with Crippen molar-refractivity contribution >= 4 is 40.4 Å². The Morgan fingerprint density at radius 3 is 2.61 bits per heavy atom. The summed E-state index contributed by atoms with van der Waals surface area (Å²) >= 11 is 10.9. The molecule has 0 aliphatic heterocycles. The molecule has 0 saturated heterocycles. The van der Waals surface area contributed by atoms with Gasteiger partial charge in [-0.25, -0.2) is 0 Å². The van der Waals surface area contributed by atoms with Crippen LogP contribution in [0.4, 0.5) is 5.69 Å². The fourth-order valence-electron chi connectivity index (χ4n) is 1.53. The molecule has 3 N–H and O–H groups in total. The second-order valence-corrected chi connectivity index (χ2v) is 5.03. The monoisotopic (exact) mass is 285 g/mol. The van der Waals surface area contributed by atoms with Crippen molar-refractivity contribution < 1.29 is 4.79 Å². The van der Waals surface area contributed by atoms with Crippen LogP contribution >= 0.6 is 23.8 Å². The SMILES string of the molecule is CC(Nc1cc(Cl)ccc1C(N)=S)C(=O)N(C)C. The summed E-state index contributed by atoms with van der Waals surface area (Å²) in [6.45, 7) is 1.77. The third kappa shape index (κ3) is 3.58. The molecule has 1 aromatic carbocycles. The third-order valence-corrected chi connectivity index (χ3v) is 2.89. The van der Waals surface area contributed by atoms with E-state index in [0.717, 1.165) is 0 Å². The average molecular weight is 286 g/mol. The summed E-state index contributed by atoms with van der Waals surface area (Å²) in [5.74, 6) is -0.0381. The van der Waals surface area contributed by atoms with E-state index >= 15 is 0 Å². The number of nitrogens with one attached hydrogen (secondary N) is 1. The number of carbonyl (C=O) groups is 1. The fraction of sp³-hybridized carbons (Fsp3) is 0.333. The standard InChI is InChI=1S/C12H16ClN3OS/c1-7(12(17)16(2)3)15-10-6-8(13)4-5-9(10)11(14)18/h4-7,15H,1-3H3,(H2,14,18). The summed E-state index contributed by atoms with van der Waals surface area (Å²) in [5, 5.41) is 3.63. The van der Waals surface area contributed by atoms with Crippen LogP contribution in [0.3, 0.4) is 0 Å². The summed E-state index contributed by atoms with van der Waals surface area (Å²) in [6.07, 6.45) is 0. The van der Waals surface area contributed by atoms with E-state index in [9.17, 15) is 4.79 Å². The van der Waals surface area contributed by atoms with Crippen LogP contribution in [-0.2, 0) is 4.79 Å². The van der Waals surface area contributed by atoms with Gasteiger partial charge in [0.25, 0.3) is 0 Å². The fourth-order valence-corrected chi connectivity index (χ4v) is 1.88. The second kappa shape index (κ2) is 6.02. The van der Waals surface area contributed by atoms with Gasteiger partial charge < -0.3 is 16.0 Å². The van der Waals surface area contributed by atoms with Crippen molar-refractivity contribution in [2.45, 2.75) is 13.0 Å². The van der Waals surface area contributed by atoms with Crippen LogP contribution in [0.15, 0.2) is 18.2 Å². The molecule has 1 aromatic rings. The lowest BCUT2D eigenvalue weighted by Gasteiger charge is -2.20. The Kier molecular flexibility index (Phi) is 4.93. The number of thiocarbonyl (C=S) groups is 1. The van der Waals surface area contributed by atoms with Crippen LogP contribution in [0.2, 0.25) is 5.02 Å². The first kappa shape index (κ1) is 14.7. The summed E-state index contributed by atoms with van der Waals surface area (Å²) in [4.78, 5) is 13.6. The lowest BCUT2D eigenvalue weighted by Crippen LogP contribution is -2.37. The number of carbonyl (C=O) groups excluding carboxylic acids is 1. The smallest absolute Gasteiger partial charge is 0.244 e. The molecule has 0 spiro atoms. The molecule has 0 aliphatic carbocycles. The molecule has 0 heterocycles. The van der Waals surface area contributed by atoms with Crippen molar-refractivity contribution in [3.05, 3.63) is 28.8 Å². The number of nitrogens with two attached hydrogens (primary N) is 1. The molecule has 0 aliphatic rings. The van der Waals surface area contributed by atoms with Gasteiger partial charge >= 0.3 is 0 Å². The molecular formula is C12H16ClN3OS. The number of halogens is 1. The molecule has 4 nitrogen and oxygen atoms in total. The first-order valence-electron chi connectivity index (χ1n) is 5.40. The highest BCUT2D eigenvalue weighted by atomic mass is 35.5. The van der Waals surface area contributed by atoms with Crippen LogP contribution in [0.5, 0.6) is 0 Å². The van der Waals surface area contributed by atoms with E-state index in [1.807, 2.05) is 0 Å². The number of benzene rings is 1. The molecule has 98 valence electrons. The molecule has 0 aromatic heterocycles. The first-order chi connectivity index (χ1) is 8.32. The quantitative estimate of drug-likeness (QED) is 0.829. The van der Waals surface area contributed by atoms with E-state index < -0.39 is 0 Å².